The van der Waals surface area contributed by atoms with Crippen LogP contribution in [0.1, 0.15) is 11.1 Å². The molecule has 0 N–H and O–H groups in total. The molecular weight excluding hydrogens is 511 g/mol. The van der Waals surface area contributed by atoms with Gasteiger partial charge in [0.05, 0.1) is 22.5 Å². The highest BCUT2D eigenvalue weighted by Crippen LogP contribution is 2.37. The number of piperazine rings is 1. The fourth-order valence-electron chi connectivity index (χ4n) is 3.96. The Morgan fingerprint density at radius 2 is 1.74 bits per heavy atom. The first-order chi connectivity index (χ1) is 16.4. The van der Waals surface area contributed by atoms with Crippen molar-refractivity contribution < 1.29 is 35.9 Å². The highest BCUT2D eigenvalue weighted by atomic mass is 35.5. The van der Waals surface area contributed by atoms with E-state index in [9.17, 15) is 26.4 Å². The minimum atomic E-state index is -4.77. The van der Waals surface area contributed by atoms with Crippen LogP contribution in [0.5, 0.6) is 11.5 Å². The van der Waals surface area contributed by atoms with Gasteiger partial charge in [0.25, 0.3) is 0 Å². The van der Waals surface area contributed by atoms with E-state index in [1.54, 1.807) is 0 Å². The summed E-state index contributed by atoms with van der Waals surface area (Å²) < 4.78 is 75.8. The second-order valence-corrected chi connectivity index (χ2v) is 10.6. The van der Waals surface area contributed by atoms with E-state index in [0.717, 1.165) is 24.0 Å². The van der Waals surface area contributed by atoms with Gasteiger partial charge in [-0.1, -0.05) is 17.7 Å². The molecule has 0 unspecified atom stereocenters. The first-order valence-corrected chi connectivity index (χ1v) is 12.9. The molecule has 1 amide bonds. The molecule has 0 atom stereocenters. The lowest BCUT2D eigenvalue weighted by Gasteiger charge is -2.36. The third kappa shape index (κ3) is 5.93. The number of nitrogens with zero attached hydrogens (tertiary/aromatic N) is 3. The van der Waals surface area contributed by atoms with E-state index in [-0.39, 0.29) is 12.5 Å². The van der Waals surface area contributed by atoms with E-state index >= 15 is 0 Å². The number of halogens is 4. The average molecular weight is 534 g/mol. The molecule has 0 aromatic heterocycles. The van der Waals surface area contributed by atoms with Gasteiger partial charge in [0.15, 0.2) is 11.5 Å². The van der Waals surface area contributed by atoms with E-state index in [4.69, 9.17) is 21.1 Å². The van der Waals surface area contributed by atoms with Gasteiger partial charge in [-0.15, -0.1) is 0 Å². The molecule has 0 aliphatic carbocycles. The molecule has 2 aliphatic rings. The van der Waals surface area contributed by atoms with E-state index in [0.29, 0.717) is 54.6 Å². The van der Waals surface area contributed by atoms with Crippen molar-refractivity contribution in [2.45, 2.75) is 12.7 Å². The Kier molecular flexibility index (Phi) is 7.07. The Labute approximate surface area is 205 Å². The third-order valence-corrected chi connectivity index (χ3v) is 7.26. The summed E-state index contributed by atoms with van der Waals surface area (Å²) in [6.45, 7) is 2.04. The SMILES string of the molecule is CS(=O)(=O)N(CC(=O)N1CCN(Cc2ccc3c(c2)OCO3)CC1)c1ccc(Cl)c(C(F)(F)F)c1. The molecule has 0 saturated carbocycles. The highest BCUT2D eigenvalue weighted by Gasteiger charge is 2.35. The largest absolute Gasteiger partial charge is 0.454 e. The van der Waals surface area contributed by atoms with Gasteiger partial charge in [0.2, 0.25) is 22.7 Å². The Hall–Kier alpha value is -2.70. The highest BCUT2D eigenvalue weighted by molar-refractivity contribution is 7.92. The van der Waals surface area contributed by atoms with Gasteiger partial charge in [-0.05, 0) is 35.9 Å². The van der Waals surface area contributed by atoms with Gasteiger partial charge >= 0.3 is 6.18 Å². The first kappa shape index (κ1) is 25.4. The average Bonchev–Trinajstić information content (AvgIpc) is 3.25. The second kappa shape index (κ2) is 9.75. The maximum atomic E-state index is 13.3. The van der Waals surface area contributed by atoms with Gasteiger partial charge in [0, 0.05) is 32.7 Å². The molecule has 190 valence electrons. The molecule has 4 rings (SSSR count). The normalized spacial score (nSPS) is 16.4. The zero-order valence-corrected chi connectivity index (χ0v) is 20.3. The maximum Gasteiger partial charge on any atom is 0.417 e. The predicted molar refractivity (Wildman–Crippen MR) is 123 cm³/mol. The quantitative estimate of drug-likeness (QED) is 0.567. The molecule has 13 heteroatoms. The number of rotatable bonds is 6. The zero-order chi connectivity index (χ0) is 25.4. The van der Waals surface area contributed by atoms with Crippen LogP contribution >= 0.6 is 11.6 Å². The summed E-state index contributed by atoms with van der Waals surface area (Å²) in [4.78, 5) is 16.5. The fourth-order valence-corrected chi connectivity index (χ4v) is 5.03. The molecule has 0 spiro atoms. The second-order valence-electron chi connectivity index (χ2n) is 8.28. The number of hydrogen-bond donors (Lipinski definition) is 0. The van der Waals surface area contributed by atoms with Crippen LogP contribution < -0.4 is 13.8 Å². The third-order valence-electron chi connectivity index (χ3n) is 5.79. The van der Waals surface area contributed by atoms with E-state index in [2.05, 4.69) is 4.90 Å². The monoisotopic (exact) mass is 533 g/mol. The molecule has 2 aromatic rings. The Morgan fingerprint density at radius 3 is 2.40 bits per heavy atom. The molecule has 0 bridgehead atoms. The first-order valence-electron chi connectivity index (χ1n) is 10.6. The van der Waals surface area contributed by atoms with E-state index in [1.165, 1.54) is 4.90 Å². The number of fused-ring (bicyclic) bond motifs is 1. The number of carbonyl (C=O) groups is 1. The smallest absolute Gasteiger partial charge is 0.417 e. The van der Waals surface area contributed by atoms with Crippen LogP contribution in [0, 0.1) is 0 Å². The fraction of sp³-hybridized carbons (Fsp3) is 0.409. The van der Waals surface area contributed by atoms with Crippen LogP contribution in [-0.2, 0) is 27.5 Å². The van der Waals surface area contributed by atoms with Crippen LogP contribution in [0.2, 0.25) is 5.02 Å². The number of amides is 1. The summed E-state index contributed by atoms with van der Waals surface area (Å²) in [5.74, 6) is 0.886. The number of ether oxygens (including phenoxy) is 2. The summed E-state index contributed by atoms with van der Waals surface area (Å²) >= 11 is 5.65. The molecule has 8 nitrogen and oxygen atoms in total. The molecule has 2 aliphatic heterocycles. The maximum absolute atomic E-state index is 13.3. The topological polar surface area (TPSA) is 79.4 Å². The van der Waals surface area contributed by atoms with Crippen LogP contribution in [0.4, 0.5) is 18.9 Å². The van der Waals surface area contributed by atoms with Crippen molar-refractivity contribution in [2.75, 3.05) is 50.1 Å². The van der Waals surface area contributed by atoms with Gasteiger partial charge < -0.3 is 14.4 Å². The number of carbonyl (C=O) groups excluding carboxylic acids is 1. The summed E-state index contributed by atoms with van der Waals surface area (Å²) in [6, 6.07) is 8.45. The molecule has 1 fully saturated rings. The molecule has 1 saturated heterocycles. The van der Waals surface area contributed by atoms with Crippen LogP contribution in [0.3, 0.4) is 0 Å². The van der Waals surface area contributed by atoms with Gasteiger partial charge in [-0.25, -0.2) is 8.42 Å². The Balaban J connectivity index is 1.40. The van der Waals surface area contributed by atoms with Crippen molar-refractivity contribution in [1.29, 1.82) is 0 Å². The number of hydrogen-bond acceptors (Lipinski definition) is 6. The summed E-state index contributed by atoms with van der Waals surface area (Å²) in [5.41, 5.74) is -0.422. The summed E-state index contributed by atoms with van der Waals surface area (Å²) in [5, 5.41) is -0.556. The zero-order valence-electron chi connectivity index (χ0n) is 18.7. The van der Waals surface area contributed by atoms with Crippen molar-refractivity contribution in [3.8, 4) is 11.5 Å². The number of alkyl halides is 3. The minimum Gasteiger partial charge on any atom is -0.454 e. The lowest BCUT2D eigenvalue weighted by molar-refractivity contribution is -0.137. The Bertz CT molecular complexity index is 1220. The number of benzene rings is 2. The standard InChI is InChI=1S/C22H23ClF3N3O5S/c1-35(31,32)29(16-3-4-18(23)17(11-16)22(24,25)26)13-21(30)28-8-6-27(7-9-28)12-15-2-5-19-20(10-15)34-14-33-19/h2-5,10-11H,6-9,12-14H2,1H3. The summed E-state index contributed by atoms with van der Waals surface area (Å²) in [6.07, 6.45) is -3.93. The lowest BCUT2D eigenvalue weighted by Crippen LogP contribution is -2.51. The molecule has 35 heavy (non-hydrogen) atoms. The molecule has 2 aromatic carbocycles. The molecular formula is C22H23ClF3N3O5S. The van der Waals surface area contributed by atoms with E-state index < -0.39 is 39.2 Å². The van der Waals surface area contributed by atoms with Gasteiger partial charge in [0.1, 0.15) is 6.54 Å². The molecule has 2 heterocycles. The number of anilines is 1. The van der Waals surface area contributed by atoms with Crippen molar-refractivity contribution in [3.63, 3.8) is 0 Å². The minimum absolute atomic E-state index is 0.192. The van der Waals surface area contributed by atoms with E-state index in [1.807, 2.05) is 18.2 Å². The van der Waals surface area contributed by atoms with Gasteiger partial charge in [-0.3, -0.25) is 14.0 Å². The van der Waals surface area contributed by atoms with Crippen LogP contribution in [0.15, 0.2) is 36.4 Å². The van der Waals surface area contributed by atoms with Crippen molar-refractivity contribution in [2.24, 2.45) is 0 Å². The Morgan fingerprint density at radius 1 is 1.06 bits per heavy atom. The van der Waals surface area contributed by atoms with Crippen molar-refractivity contribution in [1.82, 2.24) is 9.80 Å². The molecule has 0 radical (unpaired) electrons. The van der Waals surface area contributed by atoms with Crippen molar-refractivity contribution >= 4 is 33.2 Å². The number of sulfonamides is 1. The van der Waals surface area contributed by atoms with Gasteiger partial charge in [-0.2, -0.15) is 13.2 Å². The van der Waals surface area contributed by atoms with Crippen LogP contribution in [0.25, 0.3) is 0 Å². The summed E-state index contributed by atoms with van der Waals surface area (Å²) in [7, 11) is -4.04. The van der Waals surface area contributed by atoms with Crippen LogP contribution in [-0.4, -0.2) is 69.9 Å². The van der Waals surface area contributed by atoms with Crippen molar-refractivity contribution in [3.05, 3.63) is 52.5 Å². The lowest BCUT2D eigenvalue weighted by atomic mass is 10.1. The predicted octanol–water partition coefficient (Wildman–Crippen LogP) is 3.20.